The number of aromatic nitrogens is 2. The predicted molar refractivity (Wildman–Crippen MR) is 96.4 cm³/mol. The van der Waals surface area contributed by atoms with Gasteiger partial charge < -0.3 is 14.2 Å². The van der Waals surface area contributed by atoms with Crippen LogP contribution in [-0.4, -0.2) is 41.1 Å². The lowest BCUT2D eigenvalue weighted by molar-refractivity contribution is -0.138. The molecule has 0 aliphatic carbocycles. The van der Waals surface area contributed by atoms with Gasteiger partial charge in [-0.25, -0.2) is 0 Å². The van der Waals surface area contributed by atoms with E-state index in [-0.39, 0.29) is 24.6 Å². The number of alkyl halides is 3. The molecule has 1 aromatic heterocycles. The first-order chi connectivity index (χ1) is 13.9. The zero-order chi connectivity index (χ0) is 20.6. The summed E-state index contributed by atoms with van der Waals surface area (Å²) in [6, 6.07) is 12.0. The zero-order valence-corrected chi connectivity index (χ0v) is 15.3. The number of rotatable bonds is 4. The summed E-state index contributed by atoms with van der Waals surface area (Å²) in [5.74, 6) is 0.379. The Hall–Kier alpha value is -3.36. The number of carbonyl (C=O) groups excluding carboxylic acids is 1. The van der Waals surface area contributed by atoms with Crippen LogP contribution in [-0.2, 0) is 6.18 Å². The van der Waals surface area contributed by atoms with Crippen molar-refractivity contribution < 1.29 is 27.2 Å². The van der Waals surface area contributed by atoms with Crippen LogP contribution in [0, 0.1) is 0 Å². The predicted octanol–water partition coefficient (Wildman–Crippen LogP) is 4.00. The maximum absolute atomic E-state index is 13.1. The lowest BCUT2D eigenvalue weighted by Crippen LogP contribution is -2.49. The van der Waals surface area contributed by atoms with E-state index in [1.807, 2.05) is 12.1 Å². The van der Waals surface area contributed by atoms with Gasteiger partial charge in [0.05, 0.1) is 29.7 Å². The van der Waals surface area contributed by atoms with Gasteiger partial charge in [-0.1, -0.05) is 29.4 Å². The third-order valence-electron chi connectivity index (χ3n) is 4.77. The highest BCUT2D eigenvalue weighted by Crippen LogP contribution is 2.35. The van der Waals surface area contributed by atoms with Crippen LogP contribution in [0.15, 0.2) is 53.1 Å². The first kappa shape index (κ1) is 19.0. The molecule has 0 atom stereocenters. The summed E-state index contributed by atoms with van der Waals surface area (Å²) in [6.45, 7) is 0.414. The second-order valence-corrected chi connectivity index (χ2v) is 6.61. The Balaban J connectivity index is 1.48. The van der Waals surface area contributed by atoms with Gasteiger partial charge in [0, 0.05) is 13.1 Å². The summed E-state index contributed by atoms with van der Waals surface area (Å²) in [6.07, 6.45) is -4.59. The molecule has 4 rings (SSSR count). The van der Waals surface area contributed by atoms with Crippen molar-refractivity contribution in [1.29, 1.82) is 0 Å². The number of halogens is 3. The minimum atomic E-state index is -4.59. The number of carbonyl (C=O) groups is 1. The number of para-hydroxylation sites is 1. The van der Waals surface area contributed by atoms with Gasteiger partial charge in [0.2, 0.25) is 11.7 Å². The van der Waals surface area contributed by atoms with Gasteiger partial charge in [0.1, 0.15) is 5.75 Å². The molecule has 150 valence electrons. The molecule has 6 nitrogen and oxygen atoms in total. The molecule has 3 aromatic rings. The maximum Gasteiger partial charge on any atom is 0.417 e. The molecule has 2 aromatic carbocycles. The smallest absolute Gasteiger partial charge is 0.417 e. The summed E-state index contributed by atoms with van der Waals surface area (Å²) in [7, 11) is 1.54. The molecule has 2 heterocycles. The third-order valence-corrected chi connectivity index (χ3v) is 4.77. The van der Waals surface area contributed by atoms with E-state index in [1.165, 1.54) is 30.2 Å². The third kappa shape index (κ3) is 3.55. The van der Waals surface area contributed by atoms with Crippen LogP contribution < -0.4 is 4.74 Å². The van der Waals surface area contributed by atoms with Gasteiger partial charge in [-0.05, 0) is 24.3 Å². The number of methoxy groups -OCH3 is 1. The molecule has 29 heavy (non-hydrogen) atoms. The minimum Gasteiger partial charge on any atom is -0.496 e. The molecule has 0 unspecified atom stereocenters. The lowest BCUT2D eigenvalue weighted by Gasteiger charge is -2.37. The van der Waals surface area contributed by atoms with Crippen LogP contribution in [0.25, 0.3) is 11.4 Å². The topological polar surface area (TPSA) is 68.5 Å². The molecule has 1 fully saturated rings. The van der Waals surface area contributed by atoms with Gasteiger partial charge in [0.25, 0.3) is 5.91 Å². The van der Waals surface area contributed by atoms with Crippen LogP contribution in [0.5, 0.6) is 5.75 Å². The van der Waals surface area contributed by atoms with E-state index in [0.717, 1.165) is 6.07 Å². The Morgan fingerprint density at radius 1 is 1.14 bits per heavy atom. The van der Waals surface area contributed by atoms with E-state index in [0.29, 0.717) is 23.0 Å². The molecule has 1 aliphatic heterocycles. The molecule has 1 saturated heterocycles. The van der Waals surface area contributed by atoms with Crippen molar-refractivity contribution in [1.82, 2.24) is 15.0 Å². The summed E-state index contributed by atoms with van der Waals surface area (Å²) in [4.78, 5) is 18.2. The number of hydrogen-bond acceptors (Lipinski definition) is 5. The first-order valence-electron chi connectivity index (χ1n) is 8.81. The van der Waals surface area contributed by atoms with Crippen molar-refractivity contribution in [3.63, 3.8) is 0 Å². The van der Waals surface area contributed by atoms with E-state index < -0.39 is 17.6 Å². The second kappa shape index (κ2) is 7.23. The Morgan fingerprint density at radius 2 is 1.83 bits per heavy atom. The van der Waals surface area contributed by atoms with Gasteiger partial charge >= 0.3 is 6.18 Å². The van der Waals surface area contributed by atoms with E-state index in [4.69, 9.17) is 9.26 Å². The van der Waals surface area contributed by atoms with Crippen molar-refractivity contribution in [2.45, 2.75) is 12.1 Å². The Morgan fingerprint density at radius 3 is 2.55 bits per heavy atom. The summed E-state index contributed by atoms with van der Waals surface area (Å²) >= 11 is 0. The second-order valence-electron chi connectivity index (χ2n) is 6.61. The van der Waals surface area contributed by atoms with Crippen LogP contribution in [0.1, 0.15) is 27.7 Å². The highest BCUT2D eigenvalue weighted by Gasteiger charge is 2.40. The van der Waals surface area contributed by atoms with Gasteiger partial charge in [-0.3, -0.25) is 4.79 Å². The number of hydrogen-bond donors (Lipinski definition) is 0. The Bertz CT molecular complexity index is 1040. The number of benzene rings is 2. The molecule has 0 radical (unpaired) electrons. The van der Waals surface area contributed by atoms with Gasteiger partial charge in [-0.15, -0.1) is 0 Å². The average molecular weight is 403 g/mol. The molecule has 1 amide bonds. The standard InChI is InChI=1S/C20H16F3N3O3/c1-28-16-9-5-3-7-14(16)17-24-18(29-25-17)12-10-26(11-12)19(27)13-6-2-4-8-15(13)20(21,22)23/h2-9,12H,10-11H2,1H3. The molecule has 0 bridgehead atoms. The number of nitrogens with zero attached hydrogens (tertiary/aromatic N) is 3. The normalized spacial score (nSPS) is 14.6. The Kier molecular flexibility index (Phi) is 4.73. The maximum atomic E-state index is 13.1. The van der Waals surface area contributed by atoms with Crippen molar-refractivity contribution >= 4 is 5.91 Å². The van der Waals surface area contributed by atoms with Crippen molar-refractivity contribution in [3.8, 4) is 17.1 Å². The lowest BCUT2D eigenvalue weighted by atomic mass is 9.97. The molecular formula is C20H16F3N3O3. The number of amides is 1. The average Bonchev–Trinajstić information content (AvgIpc) is 3.15. The number of likely N-dealkylation sites (tertiary alicyclic amines) is 1. The fourth-order valence-corrected chi connectivity index (χ4v) is 3.23. The molecule has 0 spiro atoms. The van der Waals surface area contributed by atoms with Crippen LogP contribution in [0.4, 0.5) is 13.2 Å². The highest BCUT2D eigenvalue weighted by molar-refractivity contribution is 5.96. The molecular weight excluding hydrogens is 387 g/mol. The van der Waals surface area contributed by atoms with Crippen molar-refractivity contribution in [2.24, 2.45) is 0 Å². The Labute approximate surface area is 163 Å². The van der Waals surface area contributed by atoms with Gasteiger partial charge in [-0.2, -0.15) is 18.2 Å². The molecule has 0 N–H and O–H groups in total. The fourth-order valence-electron chi connectivity index (χ4n) is 3.23. The van der Waals surface area contributed by atoms with E-state index >= 15 is 0 Å². The summed E-state index contributed by atoms with van der Waals surface area (Å²) < 4.78 is 50.0. The molecule has 9 heteroatoms. The van der Waals surface area contributed by atoms with E-state index in [1.54, 1.807) is 12.1 Å². The van der Waals surface area contributed by atoms with Crippen LogP contribution in [0.2, 0.25) is 0 Å². The fraction of sp³-hybridized carbons (Fsp3) is 0.250. The van der Waals surface area contributed by atoms with Crippen LogP contribution >= 0.6 is 0 Å². The first-order valence-corrected chi connectivity index (χ1v) is 8.81. The van der Waals surface area contributed by atoms with Crippen molar-refractivity contribution in [2.75, 3.05) is 20.2 Å². The van der Waals surface area contributed by atoms with Crippen LogP contribution in [0.3, 0.4) is 0 Å². The van der Waals surface area contributed by atoms with E-state index in [2.05, 4.69) is 10.1 Å². The minimum absolute atomic E-state index is 0.207. The monoisotopic (exact) mass is 403 g/mol. The molecule has 0 saturated carbocycles. The SMILES string of the molecule is COc1ccccc1-c1noc(C2CN(C(=O)c3ccccc3C(F)(F)F)C2)n1. The summed E-state index contributed by atoms with van der Waals surface area (Å²) in [5.41, 5.74) is -0.639. The quantitative estimate of drug-likeness (QED) is 0.659. The van der Waals surface area contributed by atoms with E-state index in [9.17, 15) is 18.0 Å². The largest absolute Gasteiger partial charge is 0.496 e. The summed E-state index contributed by atoms with van der Waals surface area (Å²) in [5, 5.41) is 3.95. The highest BCUT2D eigenvalue weighted by atomic mass is 19.4. The zero-order valence-electron chi connectivity index (χ0n) is 15.3. The van der Waals surface area contributed by atoms with Crippen molar-refractivity contribution in [3.05, 3.63) is 65.5 Å². The number of ether oxygens (including phenoxy) is 1. The molecule has 1 aliphatic rings. The van der Waals surface area contributed by atoms with Gasteiger partial charge in [0.15, 0.2) is 0 Å².